The minimum absolute atomic E-state index is 0.0601. The van der Waals surface area contributed by atoms with E-state index in [9.17, 15) is 9.59 Å². The molecule has 0 fully saturated rings. The Hall–Kier alpha value is -3.40. The van der Waals surface area contributed by atoms with Gasteiger partial charge in [0.05, 0.1) is 19.6 Å². The van der Waals surface area contributed by atoms with E-state index in [1.807, 2.05) is 32.0 Å². The van der Waals surface area contributed by atoms with Crippen LogP contribution in [0.5, 0.6) is 11.5 Å². The van der Waals surface area contributed by atoms with E-state index in [4.69, 9.17) is 9.47 Å². The zero-order chi connectivity index (χ0) is 22.2. The first-order chi connectivity index (χ1) is 14.9. The molecule has 0 N–H and O–H groups in total. The lowest BCUT2D eigenvalue weighted by Crippen LogP contribution is -2.05. The Morgan fingerprint density at radius 2 is 1.81 bits per heavy atom. The highest BCUT2D eigenvalue weighted by Crippen LogP contribution is 2.26. The van der Waals surface area contributed by atoms with Gasteiger partial charge < -0.3 is 9.47 Å². The largest absolute Gasteiger partial charge is 0.496 e. The third-order valence-electron chi connectivity index (χ3n) is 4.88. The predicted octanol–water partition coefficient (Wildman–Crippen LogP) is 5.70. The number of hydrogen-bond acceptors (Lipinski definition) is 4. The molecule has 1 aliphatic rings. The van der Waals surface area contributed by atoms with Crippen molar-refractivity contribution in [1.82, 2.24) is 0 Å². The van der Waals surface area contributed by atoms with E-state index in [2.05, 4.69) is 24.3 Å². The first-order valence-electron chi connectivity index (χ1n) is 10.5. The van der Waals surface area contributed by atoms with Crippen LogP contribution in [0, 0.1) is 0 Å². The second-order valence-corrected chi connectivity index (χ2v) is 7.75. The summed E-state index contributed by atoms with van der Waals surface area (Å²) < 4.78 is 11.0. The van der Waals surface area contributed by atoms with Gasteiger partial charge in [-0.15, -0.1) is 0 Å². The van der Waals surface area contributed by atoms with Gasteiger partial charge in [-0.1, -0.05) is 36.4 Å². The van der Waals surface area contributed by atoms with Crippen LogP contribution < -0.4 is 9.47 Å². The monoisotopic (exact) mass is 416 g/mol. The smallest absolute Gasteiger partial charge is 0.163 e. The standard InChI is InChI=1S/C27H28O4/c1-19(2)31-26-15-12-22(27(18-26)30-3)11-14-25(29)17-24(28)13-9-20-8-10-21-6-4-5-7-23(21)16-20/h4,6,8-16,18-19H,5,7,17H2,1-3H3/b13-9+,14-11+. The third-order valence-corrected chi connectivity index (χ3v) is 4.88. The van der Waals surface area contributed by atoms with Gasteiger partial charge in [0.2, 0.25) is 0 Å². The summed E-state index contributed by atoms with van der Waals surface area (Å²) in [5.74, 6) is 0.833. The second-order valence-electron chi connectivity index (χ2n) is 7.75. The van der Waals surface area contributed by atoms with Gasteiger partial charge in [-0.05, 0) is 73.7 Å². The van der Waals surface area contributed by atoms with Crippen LogP contribution in [0.25, 0.3) is 18.2 Å². The van der Waals surface area contributed by atoms with Gasteiger partial charge in [0.15, 0.2) is 11.6 Å². The fourth-order valence-electron chi connectivity index (χ4n) is 3.39. The number of rotatable bonds is 9. The molecule has 0 aliphatic heterocycles. The van der Waals surface area contributed by atoms with Gasteiger partial charge in [-0.3, -0.25) is 9.59 Å². The Bertz CT molecular complexity index is 1040. The Morgan fingerprint density at radius 1 is 1.03 bits per heavy atom. The van der Waals surface area contributed by atoms with E-state index in [1.165, 1.54) is 23.3 Å². The average Bonchev–Trinajstić information content (AvgIpc) is 2.76. The molecule has 2 aromatic carbocycles. The Kier molecular flexibility index (Phi) is 7.60. The molecule has 3 rings (SSSR count). The maximum Gasteiger partial charge on any atom is 0.163 e. The Labute approximate surface area is 183 Å². The van der Waals surface area contributed by atoms with E-state index in [0.29, 0.717) is 11.5 Å². The van der Waals surface area contributed by atoms with Crippen LogP contribution in [0.2, 0.25) is 0 Å². The molecule has 0 heterocycles. The van der Waals surface area contributed by atoms with Crippen LogP contribution >= 0.6 is 0 Å². The lowest BCUT2D eigenvalue weighted by Gasteiger charge is -2.12. The van der Waals surface area contributed by atoms with E-state index < -0.39 is 0 Å². The second kappa shape index (κ2) is 10.6. The number of methoxy groups -OCH3 is 1. The first-order valence-corrected chi connectivity index (χ1v) is 10.5. The Morgan fingerprint density at radius 3 is 2.55 bits per heavy atom. The number of carbonyl (C=O) groups excluding carboxylic acids is 2. The summed E-state index contributed by atoms with van der Waals surface area (Å²) in [5.41, 5.74) is 4.24. The molecule has 0 saturated carbocycles. The quantitative estimate of drug-likeness (QED) is 0.389. The van der Waals surface area contributed by atoms with Gasteiger partial charge in [0, 0.05) is 11.6 Å². The van der Waals surface area contributed by atoms with Crippen LogP contribution in [0.4, 0.5) is 0 Å². The molecule has 0 radical (unpaired) electrons. The van der Waals surface area contributed by atoms with Crippen molar-refractivity contribution in [3.05, 3.63) is 76.9 Å². The fourth-order valence-corrected chi connectivity index (χ4v) is 3.39. The Balaban J connectivity index is 1.59. The molecular formula is C27H28O4. The fraction of sp³-hybridized carbons (Fsp3) is 0.259. The zero-order valence-electron chi connectivity index (χ0n) is 18.3. The molecule has 0 amide bonds. The number of hydrogen-bond donors (Lipinski definition) is 0. The van der Waals surface area contributed by atoms with Crippen molar-refractivity contribution in [3.63, 3.8) is 0 Å². The lowest BCUT2D eigenvalue weighted by molar-refractivity contribution is -0.121. The van der Waals surface area contributed by atoms with Crippen LogP contribution in [-0.4, -0.2) is 24.8 Å². The minimum Gasteiger partial charge on any atom is -0.496 e. The normalized spacial score (nSPS) is 13.0. The number of ketones is 2. The van der Waals surface area contributed by atoms with Crippen molar-refractivity contribution in [2.45, 2.75) is 39.2 Å². The molecule has 31 heavy (non-hydrogen) atoms. The number of benzene rings is 2. The van der Waals surface area contributed by atoms with Gasteiger partial charge in [-0.25, -0.2) is 0 Å². The maximum atomic E-state index is 12.2. The summed E-state index contributed by atoms with van der Waals surface area (Å²) in [6, 6.07) is 11.6. The summed E-state index contributed by atoms with van der Waals surface area (Å²) in [7, 11) is 1.57. The highest BCUT2D eigenvalue weighted by molar-refractivity contribution is 6.11. The van der Waals surface area contributed by atoms with Gasteiger partial charge in [0.1, 0.15) is 11.5 Å². The average molecular weight is 417 g/mol. The molecule has 0 saturated heterocycles. The van der Waals surface area contributed by atoms with E-state index in [0.717, 1.165) is 24.0 Å². The molecular weight excluding hydrogens is 388 g/mol. The molecule has 0 bridgehead atoms. The third kappa shape index (κ3) is 6.54. The van der Waals surface area contributed by atoms with Crippen LogP contribution in [0.1, 0.15) is 48.9 Å². The van der Waals surface area contributed by atoms with Crippen molar-refractivity contribution >= 4 is 29.8 Å². The zero-order valence-corrected chi connectivity index (χ0v) is 18.3. The maximum absolute atomic E-state index is 12.2. The number of aryl methyl sites for hydroxylation is 1. The molecule has 2 aromatic rings. The van der Waals surface area contributed by atoms with Crippen LogP contribution in [-0.2, 0) is 16.0 Å². The predicted molar refractivity (Wildman–Crippen MR) is 125 cm³/mol. The molecule has 0 atom stereocenters. The van der Waals surface area contributed by atoms with Crippen molar-refractivity contribution in [2.24, 2.45) is 0 Å². The number of ether oxygens (including phenoxy) is 2. The summed E-state index contributed by atoms with van der Waals surface area (Å²) in [4.78, 5) is 24.4. The first kappa shape index (κ1) is 22.3. The highest BCUT2D eigenvalue weighted by Gasteiger charge is 2.08. The molecule has 1 aliphatic carbocycles. The summed E-state index contributed by atoms with van der Waals surface area (Å²) >= 11 is 0. The minimum atomic E-state index is -0.255. The number of fused-ring (bicyclic) bond motifs is 1. The molecule has 0 spiro atoms. The van der Waals surface area contributed by atoms with E-state index in [-0.39, 0.29) is 24.1 Å². The van der Waals surface area contributed by atoms with Gasteiger partial charge in [-0.2, -0.15) is 0 Å². The number of allylic oxidation sites excluding steroid dienone is 3. The molecule has 4 heteroatoms. The molecule has 4 nitrogen and oxygen atoms in total. The van der Waals surface area contributed by atoms with E-state index >= 15 is 0 Å². The lowest BCUT2D eigenvalue weighted by atomic mass is 9.95. The van der Waals surface area contributed by atoms with Crippen molar-refractivity contribution in [1.29, 1.82) is 0 Å². The highest BCUT2D eigenvalue weighted by atomic mass is 16.5. The van der Waals surface area contributed by atoms with E-state index in [1.54, 1.807) is 25.3 Å². The summed E-state index contributed by atoms with van der Waals surface area (Å²) in [6.45, 7) is 3.90. The summed E-state index contributed by atoms with van der Waals surface area (Å²) in [5, 5.41) is 0. The molecule has 0 aromatic heterocycles. The van der Waals surface area contributed by atoms with Gasteiger partial charge >= 0.3 is 0 Å². The van der Waals surface area contributed by atoms with Crippen LogP contribution in [0.3, 0.4) is 0 Å². The topological polar surface area (TPSA) is 52.6 Å². The molecule has 0 unspecified atom stereocenters. The van der Waals surface area contributed by atoms with Crippen molar-refractivity contribution < 1.29 is 19.1 Å². The molecule has 160 valence electrons. The van der Waals surface area contributed by atoms with Crippen molar-refractivity contribution in [3.8, 4) is 11.5 Å². The summed E-state index contributed by atoms with van der Waals surface area (Å²) in [6.07, 6.45) is 12.6. The van der Waals surface area contributed by atoms with Crippen LogP contribution in [0.15, 0.2) is 54.6 Å². The number of carbonyl (C=O) groups is 2. The van der Waals surface area contributed by atoms with Crippen molar-refractivity contribution in [2.75, 3.05) is 7.11 Å². The SMILES string of the molecule is COc1cc(OC(C)C)ccc1/C=C/C(=O)CC(=O)/C=C/c1ccc2c(c1)CCC=C2. The van der Waals surface area contributed by atoms with Gasteiger partial charge in [0.25, 0.3) is 0 Å².